The van der Waals surface area contributed by atoms with Crippen LogP contribution in [0.25, 0.3) is 0 Å². The van der Waals surface area contributed by atoms with Crippen LogP contribution in [-0.2, 0) is 4.79 Å². The van der Waals surface area contributed by atoms with E-state index in [-0.39, 0.29) is 22.8 Å². The van der Waals surface area contributed by atoms with Gasteiger partial charge in [-0.15, -0.1) is 0 Å². The number of hydrogen-bond acceptors (Lipinski definition) is 2. The Labute approximate surface area is 97.6 Å². The van der Waals surface area contributed by atoms with E-state index in [2.05, 4.69) is 26.1 Å². The highest BCUT2D eigenvalue weighted by atomic mass is 16.4. The first-order chi connectivity index (χ1) is 7.29. The van der Waals surface area contributed by atoms with Crippen molar-refractivity contribution in [2.45, 2.75) is 52.0 Å². The normalized spacial score (nSPS) is 44.9. The lowest BCUT2D eigenvalue weighted by Gasteiger charge is -2.54. The largest absolute Gasteiger partial charge is 0.481 e. The van der Waals surface area contributed by atoms with Crippen molar-refractivity contribution in [3.8, 4) is 0 Å². The van der Waals surface area contributed by atoms with E-state index >= 15 is 0 Å². The zero-order chi connectivity index (χ0) is 12.2. The van der Waals surface area contributed by atoms with Crippen LogP contribution in [0.2, 0.25) is 0 Å². The maximum Gasteiger partial charge on any atom is 0.305 e. The van der Waals surface area contributed by atoms with Crippen molar-refractivity contribution in [2.24, 2.45) is 16.7 Å². The van der Waals surface area contributed by atoms with Gasteiger partial charge in [-0.1, -0.05) is 20.8 Å². The summed E-state index contributed by atoms with van der Waals surface area (Å²) >= 11 is 0. The Hall–Kier alpha value is -0.570. The van der Waals surface area contributed by atoms with Crippen LogP contribution in [0.4, 0.5) is 0 Å². The molecule has 2 fully saturated rings. The minimum absolute atomic E-state index is 0.0765. The summed E-state index contributed by atoms with van der Waals surface area (Å²) in [5.41, 5.74) is -0.0177. The molecule has 0 aromatic carbocycles. The summed E-state index contributed by atoms with van der Waals surface area (Å²) in [6.45, 7) is 6.74. The number of fused-ring (bicyclic) bond motifs is 2. The minimum Gasteiger partial charge on any atom is -0.481 e. The van der Waals surface area contributed by atoms with E-state index < -0.39 is 5.97 Å². The molecule has 0 heterocycles. The Morgan fingerprint density at radius 2 is 2.06 bits per heavy atom. The fourth-order valence-corrected chi connectivity index (χ4v) is 4.75. The van der Waals surface area contributed by atoms with Crippen LogP contribution in [0.5, 0.6) is 0 Å². The van der Waals surface area contributed by atoms with Crippen LogP contribution < -0.4 is 5.32 Å². The summed E-state index contributed by atoms with van der Waals surface area (Å²) in [4.78, 5) is 11.2. The van der Waals surface area contributed by atoms with Gasteiger partial charge in [-0.25, -0.2) is 0 Å². The summed E-state index contributed by atoms with van der Waals surface area (Å²) in [5.74, 6) is -0.0134. The minimum atomic E-state index is -0.684. The zero-order valence-electron chi connectivity index (χ0n) is 10.8. The molecule has 2 saturated carbocycles. The predicted octanol–water partition coefficient (Wildman–Crippen LogP) is 2.27. The second-order valence-electron chi connectivity index (χ2n) is 6.45. The lowest BCUT2D eigenvalue weighted by Crippen LogP contribution is -2.63. The van der Waals surface area contributed by atoms with Gasteiger partial charge >= 0.3 is 5.97 Å². The van der Waals surface area contributed by atoms with E-state index in [4.69, 9.17) is 0 Å². The zero-order valence-corrected chi connectivity index (χ0v) is 10.8. The molecule has 2 bridgehead atoms. The Morgan fingerprint density at radius 3 is 2.44 bits per heavy atom. The van der Waals surface area contributed by atoms with Gasteiger partial charge in [-0.3, -0.25) is 4.79 Å². The fraction of sp³-hybridized carbons (Fsp3) is 0.923. The standard InChI is InChI=1S/C13H23NO2/c1-11(2)9-5-6-12(3,7-9)13(11,14-4)8-10(15)16/h9,14H,5-8H2,1-4H3,(H,15,16). The molecule has 0 aromatic heterocycles. The van der Waals surface area contributed by atoms with E-state index in [9.17, 15) is 9.90 Å². The monoisotopic (exact) mass is 225 g/mol. The smallest absolute Gasteiger partial charge is 0.305 e. The summed E-state index contributed by atoms with van der Waals surface area (Å²) < 4.78 is 0. The molecule has 0 aliphatic heterocycles. The first-order valence-corrected chi connectivity index (χ1v) is 6.20. The highest BCUT2D eigenvalue weighted by molar-refractivity contribution is 5.69. The van der Waals surface area contributed by atoms with E-state index in [1.54, 1.807) is 0 Å². The van der Waals surface area contributed by atoms with E-state index in [1.807, 2.05) is 7.05 Å². The summed E-state index contributed by atoms with van der Waals surface area (Å²) in [6.07, 6.45) is 3.83. The van der Waals surface area contributed by atoms with Gasteiger partial charge in [0.05, 0.1) is 6.42 Å². The highest BCUT2D eigenvalue weighted by Gasteiger charge is 2.68. The SMILES string of the molecule is CNC1(CC(=O)O)C2(C)CCC(C2)C1(C)C. The Bertz CT molecular complexity index is 319. The molecule has 0 aromatic rings. The van der Waals surface area contributed by atoms with Crippen molar-refractivity contribution in [2.75, 3.05) is 7.05 Å². The van der Waals surface area contributed by atoms with E-state index in [1.165, 1.54) is 12.8 Å². The van der Waals surface area contributed by atoms with Gasteiger partial charge in [0.2, 0.25) is 0 Å². The molecule has 0 radical (unpaired) electrons. The van der Waals surface area contributed by atoms with E-state index in [0.717, 1.165) is 6.42 Å². The molecule has 16 heavy (non-hydrogen) atoms. The topological polar surface area (TPSA) is 49.3 Å². The van der Waals surface area contributed by atoms with Crippen LogP contribution in [0, 0.1) is 16.7 Å². The van der Waals surface area contributed by atoms with Gasteiger partial charge in [-0.05, 0) is 43.1 Å². The quantitative estimate of drug-likeness (QED) is 0.774. The summed E-state index contributed by atoms with van der Waals surface area (Å²) in [5, 5.41) is 12.6. The summed E-state index contributed by atoms with van der Waals surface area (Å²) in [6, 6.07) is 0. The molecule has 0 spiro atoms. The summed E-state index contributed by atoms with van der Waals surface area (Å²) in [7, 11) is 1.93. The van der Waals surface area contributed by atoms with Crippen LogP contribution in [-0.4, -0.2) is 23.7 Å². The van der Waals surface area contributed by atoms with Crippen LogP contribution in [0.3, 0.4) is 0 Å². The number of carbonyl (C=O) groups is 1. The third-order valence-corrected chi connectivity index (χ3v) is 5.74. The van der Waals surface area contributed by atoms with Crippen LogP contribution in [0.1, 0.15) is 46.5 Å². The van der Waals surface area contributed by atoms with Crippen molar-refractivity contribution in [1.82, 2.24) is 5.32 Å². The van der Waals surface area contributed by atoms with Crippen molar-refractivity contribution in [3.63, 3.8) is 0 Å². The van der Waals surface area contributed by atoms with Gasteiger partial charge in [0, 0.05) is 5.54 Å². The third kappa shape index (κ3) is 1.15. The average molecular weight is 225 g/mol. The fourth-order valence-electron chi connectivity index (χ4n) is 4.75. The van der Waals surface area contributed by atoms with Crippen molar-refractivity contribution in [3.05, 3.63) is 0 Å². The van der Waals surface area contributed by atoms with Crippen molar-refractivity contribution < 1.29 is 9.90 Å². The van der Waals surface area contributed by atoms with Gasteiger partial charge in [0.25, 0.3) is 0 Å². The number of hydrogen-bond donors (Lipinski definition) is 2. The molecule has 3 heteroatoms. The molecule has 2 aliphatic carbocycles. The molecular formula is C13H23NO2. The number of rotatable bonds is 3. The number of carboxylic acids is 1. The predicted molar refractivity (Wildman–Crippen MR) is 63.3 cm³/mol. The van der Waals surface area contributed by atoms with Gasteiger partial charge < -0.3 is 10.4 Å². The Balaban J connectivity index is 2.46. The molecule has 2 rings (SSSR count). The Morgan fingerprint density at radius 1 is 1.44 bits per heavy atom. The lowest BCUT2D eigenvalue weighted by atomic mass is 9.57. The van der Waals surface area contributed by atoms with E-state index in [0.29, 0.717) is 5.92 Å². The molecule has 3 atom stereocenters. The maximum atomic E-state index is 11.2. The Kier molecular flexibility index (Phi) is 2.40. The molecule has 3 nitrogen and oxygen atoms in total. The first-order valence-electron chi connectivity index (χ1n) is 6.20. The number of aliphatic carboxylic acids is 1. The van der Waals surface area contributed by atoms with Crippen LogP contribution >= 0.6 is 0 Å². The number of carboxylic acid groups (broad SMARTS) is 1. The van der Waals surface area contributed by atoms with Gasteiger partial charge in [-0.2, -0.15) is 0 Å². The third-order valence-electron chi connectivity index (χ3n) is 5.74. The van der Waals surface area contributed by atoms with Gasteiger partial charge in [0.15, 0.2) is 0 Å². The average Bonchev–Trinajstić information content (AvgIpc) is 2.62. The molecule has 0 amide bonds. The second kappa shape index (κ2) is 3.22. The van der Waals surface area contributed by atoms with Gasteiger partial charge in [0.1, 0.15) is 0 Å². The molecule has 0 saturated heterocycles. The molecule has 92 valence electrons. The number of nitrogens with one attached hydrogen (secondary N) is 1. The van der Waals surface area contributed by atoms with Crippen LogP contribution in [0.15, 0.2) is 0 Å². The molecule has 2 aliphatic rings. The molecule has 2 N–H and O–H groups in total. The van der Waals surface area contributed by atoms with Crippen molar-refractivity contribution in [1.29, 1.82) is 0 Å². The molecule has 3 unspecified atom stereocenters. The first kappa shape index (κ1) is 11.9. The maximum absolute atomic E-state index is 11.2. The molecular weight excluding hydrogens is 202 g/mol. The highest BCUT2D eigenvalue weighted by Crippen LogP contribution is 2.68. The lowest BCUT2D eigenvalue weighted by molar-refractivity contribution is -0.143. The second-order valence-corrected chi connectivity index (χ2v) is 6.45. The van der Waals surface area contributed by atoms with Crippen molar-refractivity contribution >= 4 is 5.97 Å².